The maximum Gasteiger partial charge on any atom is -0.0124 e. The van der Waals surface area contributed by atoms with E-state index in [1.165, 1.54) is 37.7 Å². The lowest BCUT2D eigenvalue weighted by atomic mass is 9.83. The fraction of sp³-hybridized carbons (Fsp3) is 0.467. The number of benzene rings is 1. The van der Waals surface area contributed by atoms with Crippen LogP contribution in [0, 0.1) is 0 Å². The van der Waals surface area contributed by atoms with E-state index in [2.05, 4.69) is 43.3 Å². The highest BCUT2D eigenvalue weighted by molar-refractivity contribution is 5.23. The molecule has 0 nitrogen and oxygen atoms in total. The lowest BCUT2D eigenvalue weighted by Gasteiger charge is -2.22. The summed E-state index contributed by atoms with van der Waals surface area (Å²) in [5.74, 6) is 0.770. The van der Waals surface area contributed by atoms with Crippen molar-refractivity contribution in [1.29, 1.82) is 0 Å². The van der Waals surface area contributed by atoms with E-state index in [0.717, 1.165) is 5.92 Å². The molecular weight excluding hydrogens is 180 g/mol. The van der Waals surface area contributed by atoms with Crippen LogP contribution in [0.5, 0.6) is 0 Å². The van der Waals surface area contributed by atoms with Crippen LogP contribution in [0.2, 0.25) is 0 Å². The first-order valence-corrected chi connectivity index (χ1v) is 6.13. The fourth-order valence-corrected chi connectivity index (χ4v) is 2.46. The summed E-state index contributed by atoms with van der Waals surface area (Å²) in [7, 11) is 0. The third kappa shape index (κ3) is 2.71. The van der Waals surface area contributed by atoms with Gasteiger partial charge in [0.1, 0.15) is 0 Å². The monoisotopic (exact) mass is 200 g/mol. The molecule has 0 N–H and O–H groups in total. The second-order valence-corrected chi connectivity index (χ2v) is 4.49. The molecule has 1 aliphatic rings. The summed E-state index contributed by atoms with van der Waals surface area (Å²) in [6.07, 6.45) is 8.98. The van der Waals surface area contributed by atoms with Crippen molar-refractivity contribution < 1.29 is 0 Å². The van der Waals surface area contributed by atoms with Gasteiger partial charge in [0.25, 0.3) is 0 Å². The molecule has 0 fully saturated rings. The summed E-state index contributed by atoms with van der Waals surface area (Å²) in [6.45, 7) is 2.27. The van der Waals surface area contributed by atoms with Crippen molar-refractivity contribution in [3.05, 3.63) is 47.5 Å². The Morgan fingerprint density at radius 3 is 2.60 bits per heavy atom. The molecule has 1 aromatic rings. The molecule has 0 saturated carbocycles. The van der Waals surface area contributed by atoms with Crippen LogP contribution in [0.1, 0.15) is 50.5 Å². The van der Waals surface area contributed by atoms with Crippen LogP contribution >= 0.6 is 0 Å². The minimum absolute atomic E-state index is 0.770. The Hall–Kier alpha value is -1.04. The van der Waals surface area contributed by atoms with E-state index < -0.39 is 0 Å². The van der Waals surface area contributed by atoms with E-state index in [4.69, 9.17) is 0 Å². The van der Waals surface area contributed by atoms with E-state index in [-0.39, 0.29) is 0 Å². The van der Waals surface area contributed by atoms with Gasteiger partial charge in [-0.1, -0.05) is 55.3 Å². The highest BCUT2D eigenvalue weighted by atomic mass is 14.2. The number of allylic oxidation sites excluding steroid dienone is 2. The zero-order valence-corrected chi connectivity index (χ0v) is 9.58. The summed E-state index contributed by atoms with van der Waals surface area (Å²) >= 11 is 0. The van der Waals surface area contributed by atoms with E-state index in [1.54, 1.807) is 5.57 Å². The molecule has 0 aliphatic heterocycles. The highest BCUT2D eigenvalue weighted by Crippen LogP contribution is 2.33. The second kappa shape index (κ2) is 5.16. The van der Waals surface area contributed by atoms with Crippen LogP contribution in [0.4, 0.5) is 0 Å². The molecule has 0 radical (unpaired) electrons. The summed E-state index contributed by atoms with van der Waals surface area (Å²) < 4.78 is 0. The number of hydrogen-bond donors (Lipinski definition) is 0. The van der Waals surface area contributed by atoms with Crippen LogP contribution in [-0.2, 0) is 0 Å². The minimum atomic E-state index is 0.770. The molecule has 0 aromatic heterocycles. The first kappa shape index (κ1) is 10.5. The minimum Gasteiger partial charge on any atom is -0.0847 e. The van der Waals surface area contributed by atoms with Gasteiger partial charge in [0.15, 0.2) is 0 Å². The molecule has 0 bridgehead atoms. The SMILES string of the molecule is CCCC1=CCC(c2ccccc2)CC1. The van der Waals surface area contributed by atoms with Crippen molar-refractivity contribution >= 4 is 0 Å². The molecule has 1 aliphatic carbocycles. The van der Waals surface area contributed by atoms with Crippen LogP contribution in [0.3, 0.4) is 0 Å². The van der Waals surface area contributed by atoms with Gasteiger partial charge in [0.2, 0.25) is 0 Å². The summed E-state index contributed by atoms with van der Waals surface area (Å²) in [6, 6.07) is 10.9. The zero-order chi connectivity index (χ0) is 10.5. The molecule has 80 valence electrons. The fourth-order valence-electron chi connectivity index (χ4n) is 2.46. The lowest BCUT2D eigenvalue weighted by molar-refractivity contribution is 0.584. The Bertz CT molecular complexity index is 321. The summed E-state index contributed by atoms with van der Waals surface area (Å²) in [5, 5.41) is 0. The average molecular weight is 200 g/mol. The van der Waals surface area contributed by atoms with Crippen molar-refractivity contribution in [2.75, 3.05) is 0 Å². The van der Waals surface area contributed by atoms with Crippen molar-refractivity contribution in [2.24, 2.45) is 0 Å². The largest absolute Gasteiger partial charge is 0.0847 e. The molecule has 15 heavy (non-hydrogen) atoms. The average Bonchev–Trinajstić information content (AvgIpc) is 2.32. The third-order valence-corrected chi connectivity index (χ3v) is 3.35. The smallest absolute Gasteiger partial charge is 0.0124 e. The Labute approximate surface area is 93.0 Å². The maximum absolute atomic E-state index is 2.48. The number of hydrogen-bond acceptors (Lipinski definition) is 0. The molecule has 1 aromatic carbocycles. The van der Waals surface area contributed by atoms with Crippen molar-refractivity contribution in [3.8, 4) is 0 Å². The second-order valence-electron chi connectivity index (χ2n) is 4.49. The molecule has 0 heteroatoms. The van der Waals surface area contributed by atoms with Gasteiger partial charge in [0, 0.05) is 0 Å². The summed E-state index contributed by atoms with van der Waals surface area (Å²) in [4.78, 5) is 0. The van der Waals surface area contributed by atoms with Gasteiger partial charge in [0.05, 0.1) is 0 Å². The van der Waals surface area contributed by atoms with E-state index >= 15 is 0 Å². The predicted octanol–water partition coefficient (Wildman–Crippen LogP) is 4.68. The van der Waals surface area contributed by atoms with Crippen molar-refractivity contribution in [3.63, 3.8) is 0 Å². The van der Waals surface area contributed by atoms with Crippen molar-refractivity contribution in [1.82, 2.24) is 0 Å². The highest BCUT2D eigenvalue weighted by Gasteiger charge is 2.15. The van der Waals surface area contributed by atoms with Crippen LogP contribution in [-0.4, -0.2) is 0 Å². The molecule has 1 unspecified atom stereocenters. The molecule has 2 rings (SSSR count). The van der Waals surface area contributed by atoms with Gasteiger partial charge < -0.3 is 0 Å². The first-order chi connectivity index (χ1) is 7.40. The Morgan fingerprint density at radius 2 is 2.00 bits per heavy atom. The van der Waals surface area contributed by atoms with Crippen LogP contribution < -0.4 is 0 Å². The van der Waals surface area contributed by atoms with Gasteiger partial charge >= 0.3 is 0 Å². The van der Waals surface area contributed by atoms with Crippen LogP contribution in [0.25, 0.3) is 0 Å². The topological polar surface area (TPSA) is 0 Å². The lowest BCUT2D eigenvalue weighted by Crippen LogP contribution is -2.04. The van der Waals surface area contributed by atoms with Gasteiger partial charge in [-0.25, -0.2) is 0 Å². The predicted molar refractivity (Wildman–Crippen MR) is 66.0 cm³/mol. The van der Waals surface area contributed by atoms with Crippen LogP contribution in [0.15, 0.2) is 42.0 Å². The molecule has 0 spiro atoms. The van der Waals surface area contributed by atoms with E-state index in [0.29, 0.717) is 0 Å². The Morgan fingerprint density at radius 1 is 1.20 bits per heavy atom. The first-order valence-electron chi connectivity index (χ1n) is 6.13. The van der Waals surface area contributed by atoms with E-state index in [9.17, 15) is 0 Å². The molecule has 0 saturated heterocycles. The summed E-state index contributed by atoms with van der Waals surface area (Å²) in [5.41, 5.74) is 3.20. The number of rotatable bonds is 3. The van der Waals surface area contributed by atoms with Gasteiger partial charge in [-0.2, -0.15) is 0 Å². The molecule has 1 atom stereocenters. The zero-order valence-electron chi connectivity index (χ0n) is 9.58. The normalized spacial score (nSPS) is 21.1. The standard InChI is InChI=1S/C15H20/c1-2-6-13-9-11-15(12-10-13)14-7-4-3-5-8-14/h3-5,7-9,15H,2,6,10-12H2,1H3. The Kier molecular flexibility index (Phi) is 3.60. The molecule has 0 amide bonds. The van der Waals surface area contributed by atoms with Crippen molar-refractivity contribution in [2.45, 2.75) is 44.9 Å². The van der Waals surface area contributed by atoms with Gasteiger partial charge in [-0.05, 0) is 37.2 Å². The quantitative estimate of drug-likeness (QED) is 0.621. The third-order valence-electron chi connectivity index (χ3n) is 3.35. The maximum atomic E-state index is 2.48. The van der Waals surface area contributed by atoms with Gasteiger partial charge in [-0.3, -0.25) is 0 Å². The van der Waals surface area contributed by atoms with E-state index in [1.807, 2.05) is 0 Å². The molecule has 0 heterocycles. The molecular formula is C15H20. The Balaban J connectivity index is 1.99. The van der Waals surface area contributed by atoms with Gasteiger partial charge in [-0.15, -0.1) is 0 Å².